The number of amides is 2. The van der Waals surface area contributed by atoms with Gasteiger partial charge in [0.25, 0.3) is 0 Å². The molecule has 2 fully saturated rings. The van der Waals surface area contributed by atoms with E-state index in [0.29, 0.717) is 25.8 Å². The van der Waals surface area contributed by atoms with E-state index in [-0.39, 0.29) is 24.5 Å². The Balaban J connectivity index is 1.23. The topological polar surface area (TPSA) is 95.9 Å². The van der Waals surface area contributed by atoms with Crippen LogP contribution in [0.4, 0.5) is 4.79 Å². The molecule has 2 N–H and O–H groups in total. The molecule has 5 rings (SSSR count). The molecular formula is C28H32N2O5. The molecule has 1 saturated carbocycles. The Morgan fingerprint density at radius 2 is 1.57 bits per heavy atom. The third kappa shape index (κ3) is 4.64. The highest BCUT2D eigenvalue weighted by molar-refractivity contribution is 5.86. The maximum absolute atomic E-state index is 13.4. The van der Waals surface area contributed by atoms with Gasteiger partial charge in [-0.1, -0.05) is 67.8 Å². The molecule has 1 saturated heterocycles. The quantitative estimate of drug-likeness (QED) is 0.660. The molecule has 3 unspecified atom stereocenters. The number of carboxylic acid groups (broad SMARTS) is 1. The van der Waals surface area contributed by atoms with Crippen LogP contribution in [0.2, 0.25) is 0 Å². The molecule has 1 heterocycles. The second-order valence-electron chi connectivity index (χ2n) is 9.85. The van der Waals surface area contributed by atoms with Crippen LogP contribution in [0.5, 0.6) is 0 Å². The maximum Gasteiger partial charge on any atom is 0.407 e. The van der Waals surface area contributed by atoms with E-state index in [1.54, 1.807) is 0 Å². The van der Waals surface area contributed by atoms with E-state index in [2.05, 4.69) is 29.6 Å². The molecule has 0 aromatic heterocycles. The second-order valence-corrected chi connectivity index (χ2v) is 9.85. The number of aliphatic carboxylic acids is 1. The van der Waals surface area contributed by atoms with Crippen LogP contribution in [0.25, 0.3) is 11.1 Å². The SMILES string of the molecule is O=C(NC1CCCC1C(=O)N1CCCCCC1C(=O)O)OCC1c2ccccc2-c2ccccc21. The molecule has 2 aromatic carbocycles. The number of nitrogens with one attached hydrogen (secondary N) is 1. The first-order valence-electron chi connectivity index (χ1n) is 12.7. The number of hydrogen-bond acceptors (Lipinski definition) is 4. The van der Waals surface area contributed by atoms with Crippen LogP contribution in [0.1, 0.15) is 62.0 Å². The average molecular weight is 477 g/mol. The third-order valence-electron chi connectivity index (χ3n) is 7.80. The Morgan fingerprint density at radius 1 is 0.886 bits per heavy atom. The largest absolute Gasteiger partial charge is 0.480 e. The summed E-state index contributed by atoms with van der Waals surface area (Å²) in [6.45, 7) is 0.683. The van der Waals surface area contributed by atoms with Gasteiger partial charge in [0.05, 0.1) is 5.92 Å². The Hall–Kier alpha value is -3.35. The lowest BCUT2D eigenvalue weighted by molar-refractivity contribution is -0.152. The summed E-state index contributed by atoms with van der Waals surface area (Å²) in [5, 5.41) is 12.6. The number of fused-ring (bicyclic) bond motifs is 3. The highest BCUT2D eigenvalue weighted by Crippen LogP contribution is 2.44. The summed E-state index contributed by atoms with van der Waals surface area (Å²) in [6.07, 6.45) is 4.66. The summed E-state index contributed by atoms with van der Waals surface area (Å²) in [6, 6.07) is 15.3. The number of ether oxygens (including phenoxy) is 1. The molecular weight excluding hydrogens is 444 g/mol. The maximum atomic E-state index is 13.4. The predicted molar refractivity (Wildman–Crippen MR) is 131 cm³/mol. The molecule has 7 nitrogen and oxygen atoms in total. The number of carboxylic acids is 1. The number of alkyl carbamates (subject to hydrolysis) is 1. The van der Waals surface area contributed by atoms with Crippen molar-refractivity contribution in [2.75, 3.05) is 13.2 Å². The van der Waals surface area contributed by atoms with Crippen molar-refractivity contribution in [3.05, 3.63) is 59.7 Å². The summed E-state index contributed by atoms with van der Waals surface area (Å²) in [7, 11) is 0. The van der Waals surface area contributed by atoms with Crippen molar-refractivity contribution >= 4 is 18.0 Å². The summed E-state index contributed by atoms with van der Waals surface area (Å²) >= 11 is 0. The molecule has 0 spiro atoms. The van der Waals surface area contributed by atoms with Gasteiger partial charge in [0.1, 0.15) is 12.6 Å². The zero-order valence-electron chi connectivity index (χ0n) is 19.8. The van der Waals surface area contributed by atoms with Crippen molar-refractivity contribution in [3.63, 3.8) is 0 Å². The normalized spacial score (nSPS) is 23.8. The number of carbonyl (C=O) groups excluding carboxylic acids is 2. The lowest BCUT2D eigenvalue weighted by atomic mass is 9.98. The Bertz CT molecular complexity index is 1070. The molecule has 3 atom stereocenters. The van der Waals surface area contributed by atoms with Gasteiger partial charge in [-0.2, -0.15) is 0 Å². The number of benzene rings is 2. The van der Waals surface area contributed by atoms with Crippen LogP contribution in [-0.2, 0) is 14.3 Å². The van der Waals surface area contributed by atoms with Gasteiger partial charge in [-0.25, -0.2) is 9.59 Å². The van der Waals surface area contributed by atoms with E-state index in [0.717, 1.165) is 36.8 Å². The zero-order chi connectivity index (χ0) is 24.4. The van der Waals surface area contributed by atoms with Gasteiger partial charge in [0.2, 0.25) is 5.91 Å². The van der Waals surface area contributed by atoms with E-state index in [9.17, 15) is 19.5 Å². The van der Waals surface area contributed by atoms with Gasteiger partial charge < -0.3 is 20.1 Å². The van der Waals surface area contributed by atoms with Crippen LogP contribution in [0.3, 0.4) is 0 Å². The third-order valence-corrected chi connectivity index (χ3v) is 7.80. The minimum Gasteiger partial charge on any atom is -0.480 e. The van der Waals surface area contributed by atoms with E-state index >= 15 is 0 Å². The first-order valence-corrected chi connectivity index (χ1v) is 12.7. The molecule has 0 bridgehead atoms. The van der Waals surface area contributed by atoms with Crippen LogP contribution in [0.15, 0.2) is 48.5 Å². The monoisotopic (exact) mass is 476 g/mol. The standard InChI is InChI=1S/C28H32N2O5/c31-26(30-16-7-1-2-15-25(30)27(32)33)22-13-8-14-24(22)29-28(34)35-17-23-20-11-5-3-9-18(20)19-10-4-6-12-21(19)23/h3-6,9-12,22-25H,1-2,7-8,13-17H2,(H,29,34)(H,32,33). The molecule has 1 aliphatic heterocycles. The Labute approximate surface area is 205 Å². The van der Waals surface area contributed by atoms with Gasteiger partial charge in [-0.15, -0.1) is 0 Å². The van der Waals surface area contributed by atoms with Crippen LogP contribution in [-0.4, -0.2) is 53.2 Å². The first kappa shape index (κ1) is 23.4. The minimum atomic E-state index is -0.945. The van der Waals surface area contributed by atoms with Gasteiger partial charge in [0, 0.05) is 18.5 Å². The number of nitrogens with zero attached hydrogens (tertiary/aromatic N) is 1. The summed E-state index contributed by atoms with van der Waals surface area (Å²) < 4.78 is 5.69. The van der Waals surface area contributed by atoms with Crippen molar-refractivity contribution in [1.82, 2.24) is 10.2 Å². The summed E-state index contributed by atoms with van der Waals surface area (Å²) in [5.41, 5.74) is 4.64. The molecule has 0 radical (unpaired) electrons. The summed E-state index contributed by atoms with van der Waals surface area (Å²) in [4.78, 5) is 39.5. The fourth-order valence-electron chi connectivity index (χ4n) is 6.06. The number of likely N-dealkylation sites (tertiary alicyclic amines) is 1. The van der Waals surface area contributed by atoms with Gasteiger partial charge in [-0.3, -0.25) is 4.79 Å². The van der Waals surface area contributed by atoms with Crippen molar-refractivity contribution in [2.24, 2.45) is 5.92 Å². The van der Waals surface area contributed by atoms with Crippen molar-refractivity contribution < 1.29 is 24.2 Å². The Morgan fingerprint density at radius 3 is 2.26 bits per heavy atom. The Kier molecular flexibility index (Phi) is 6.75. The van der Waals surface area contributed by atoms with Crippen LogP contribution >= 0.6 is 0 Å². The predicted octanol–water partition coefficient (Wildman–Crippen LogP) is 4.55. The smallest absolute Gasteiger partial charge is 0.407 e. The summed E-state index contributed by atoms with van der Waals surface area (Å²) in [5.74, 6) is -1.53. The molecule has 2 amide bonds. The van der Waals surface area contributed by atoms with Crippen molar-refractivity contribution in [2.45, 2.75) is 62.9 Å². The second kappa shape index (κ2) is 10.1. The highest BCUT2D eigenvalue weighted by Gasteiger charge is 2.41. The lowest BCUT2D eigenvalue weighted by Crippen LogP contribution is -2.51. The number of carbonyl (C=O) groups is 3. The fraction of sp³-hybridized carbons (Fsp3) is 0.464. The molecule has 3 aliphatic rings. The first-order chi connectivity index (χ1) is 17.0. The van der Waals surface area contributed by atoms with Crippen molar-refractivity contribution in [1.29, 1.82) is 0 Å². The van der Waals surface area contributed by atoms with Gasteiger partial charge in [0.15, 0.2) is 0 Å². The molecule has 184 valence electrons. The highest BCUT2D eigenvalue weighted by atomic mass is 16.5. The van der Waals surface area contributed by atoms with Gasteiger partial charge in [-0.05, 0) is 47.9 Å². The molecule has 7 heteroatoms. The minimum absolute atomic E-state index is 0.0254. The van der Waals surface area contributed by atoms with Crippen molar-refractivity contribution in [3.8, 4) is 11.1 Å². The van der Waals surface area contributed by atoms with Crippen LogP contribution < -0.4 is 5.32 Å². The molecule has 2 aromatic rings. The number of rotatable bonds is 5. The van der Waals surface area contributed by atoms with Crippen LogP contribution in [0, 0.1) is 5.92 Å². The lowest BCUT2D eigenvalue weighted by Gasteiger charge is -2.31. The molecule has 2 aliphatic carbocycles. The fourth-order valence-corrected chi connectivity index (χ4v) is 6.06. The average Bonchev–Trinajstić information content (AvgIpc) is 3.35. The van der Waals surface area contributed by atoms with E-state index < -0.39 is 24.0 Å². The van der Waals surface area contributed by atoms with E-state index in [4.69, 9.17) is 4.74 Å². The van der Waals surface area contributed by atoms with E-state index in [1.807, 2.05) is 24.3 Å². The molecule has 35 heavy (non-hydrogen) atoms. The van der Waals surface area contributed by atoms with Gasteiger partial charge >= 0.3 is 12.1 Å². The number of hydrogen-bond donors (Lipinski definition) is 2. The zero-order valence-corrected chi connectivity index (χ0v) is 19.8. The van der Waals surface area contributed by atoms with E-state index in [1.165, 1.54) is 16.0 Å².